The summed E-state index contributed by atoms with van der Waals surface area (Å²) in [5, 5.41) is 11.2. The number of halogens is 1. The molecule has 29 heavy (non-hydrogen) atoms. The second-order valence-corrected chi connectivity index (χ2v) is 7.87. The number of carbonyl (C=O) groups excluding carboxylic acids is 1. The van der Waals surface area contributed by atoms with E-state index in [1.807, 2.05) is 36.7 Å². The first-order valence-corrected chi connectivity index (χ1v) is 10.2. The summed E-state index contributed by atoms with van der Waals surface area (Å²) >= 11 is 0. The van der Waals surface area contributed by atoms with Crippen LogP contribution in [0.1, 0.15) is 42.7 Å². The van der Waals surface area contributed by atoms with Crippen LogP contribution in [-0.2, 0) is 11.8 Å². The zero-order valence-corrected chi connectivity index (χ0v) is 18.6. The summed E-state index contributed by atoms with van der Waals surface area (Å²) < 4.78 is 13.0. The molecule has 6 nitrogen and oxygen atoms in total. The van der Waals surface area contributed by atoms with Gasteiger partial charge in [-0.05, 0) is 63.9 Å². The summed E-state index contributed by atoms with van der Waals surface area (Å²) in [7, 11) is 1.93. The molecule has 7 heteroatoms. The van der Waals surface area contributed by atoms with Crippen molar-refractivity contribution in [2.24, 2.45) is 13.0 Å². The SMILES string of the molecule is CCOC(=O)c1c(C)n(C)c2ccc(OCC(O)CN3CCC(C)CC3)cc12.Cl. The molecule has 0 saturated carbocycles. The number of nitrogens with zero attached hydrogens (tertiary/aromatic N) is 2. The highest BCUT2D eigenvalue weighted by atomic mass is 35.5. The number of esters is 1. The summed E-state index contributed by atoms with van der Waals surface area (Å²) in [5.41, 5.74) is 2.40. The minimum absolute atomic E-state index is 0. The molecule has 1 aromatic carbocycles. The first kappa shape index (κ1) is 23.5. The van der Waals surface area contributed by atoms with Crippen LogP contribution < -0.4 is 4.74 Å². The minimum Gasteiger partial charge on any atom is -0.491 e. The topological polar surface area (TPSA) is 63.9 Å². The number of piperidine rings is 1. The van der Waals surface area contributed by atoms with Crippen molar-refractivity contribution in [1.29, 1.82) is 0 Å². The molecule has 0 aliphatic carbocycles. The first-order chi connectivity index (χ1) is 13.4. The molecule has 2 aromatic rings. The molecule has 1 saturated heterocycles. The number of likely N-dealkylation sites (tertiary alicyclic amines) is 1. The number of carbonyl (C=O) groups is 1. The molecule has 0 bridgehead atoms. The number of ether oxygens (including phenoxy) is 2. The normalized spacial score (nSPS) is 16.4. The van der Waals surface area contributed by atoms with E-state index in [1.165, 1.54) is 12.8 Å². The number of aliphatic hydroxyl groups is 1. The van der Waals surface area contributed by atoms with Crippen LogP contribution in [0, 0.1) is 12.8 Å². The Balaban J connectivity index is 0.00000300. The van der Waals surface area contributed by atoms with Gasteiger partial charge in [-0.15, -0.1) is 12.4 Å². The van der Waals surface area contributed by atoms with E-state index in [4.69, 9.17) is 9.47 Å². The van der Waals surface area contributed by atoms with Crippen molar-refractivity contribution in [3.8, 4) is 5.75 Å². The average Bonchev–Trinajstić information content (AvgIpc) is 2.92. The summed E-state index contributed by atoms with van der Waals surface area (Å²) in [4.78, 5) is 14.7. The number of aryl methyl sites for hydroxylation is 1. The van der Waals surface area contributed by atoms with E-state index < -0.39 is 6.10 Å². The van der Waals surface area contributed by atoms with E-state index in [9.17, 15) is 9.90 Å². The van der Waals surface area contributed by atoms with Crippen LogP contribution >= 0.6 is 12.4 Å². The van der Waals surface area contributed by atoms with Gasteiger partial charge in [0, 0.05) is 30.2 Å². The minimum atomic E-state index is -0.536. The lowest BCUT2D eigenvalue weighted by Gasteiger charge is -2.31. The maximum absolute atomic E-state index is 12.4. The highest BCUT2D eigenvalue weighted by Gasteiger charge is 2.21. The number of aliphatic hydroxyl groups excluding tert-OH is 1. The second kappa shape index (κ2) is 10.3. The molecule has 1 fully saturated rings. The van der Waals surface area contributed by atoms with E-state index >= 15 is 0 Å². The van der Waals surface area contributed by atoms with Crippen LogP contribution in [0.15, 0.2) is 18.2 Å². The van der Waals surface area contributed by atoms with Crippen molar-refractivity contribution in [2.45, 2.75) is 39.7 Å². The van der Waals surface area contributed by atoms with Crippen LogP contribution in [0.3, 0.4) is 0 Å². The number of hydrogen-bond acceptors (Lipinski definition) is 5. The molecule has 0 spiro atoms. The summed E-state index contributed by atoms with van der Waals surface area (Å²) in [6.07, 6.45) is 1.84. The Bertz CT molecular complexity index is 828. The van der Waals surface area contributed by atoms with Crippen LogP contribution in [0.5, 0.6) is 5.75 Å². The Morgan fingerprint density at radius 1 is 1.31 bits per heavy atom. The van der Waals surface area contributed by atoms with Gasteiger partial charge >= 0.3 is 5.97 Å². The largest absolute Gasteiger partial charge is 0.491 e. The van der Waals surface area contributed by atoms with E-state index in [0.29, 0.717) is 24.5 Å². The maximum atomic E-state index is 12.4. The zero-order chi connectivity index (χ0) is 20.3. The standard InChI is InChI=1S/C22H32N2O4.ClH/c1-5-27-22(26)21-16(3)23(4)20-7-6-18(12-19(20)21)28-14-17(25)13-24-10-8-15(2)9-11-24;/h6-7,12,15,17,25H,5,8-11,13-14H2,1-4H3;1H. The molecular weight excluding hydrogens is 392 g/mol. The number of hydrogen-bond donors (Lipinski definition) is 1. The fourth-order valence-corrected chi connectivity index (χ4v) is 3.89. The smallest absolute Gasteiger partial charge is 0.340 e. The summed E-state index contributed by atoms with van der Waals surface area (Å²) in [5.74, 6) is 1.11. The lowest BCUT2D eigenvalue weighted by molar-refractivity contribution is 0.0527. The Labute approximate surface area is 179 Å². The van der Waals surface area contributed by atoms with Crippen molar-refractivity contribution in [1.82, 2.24) is 9.47 Å². The molecule has 0 amide bonds. The van der Waals surface area contributed by atoms with Crippen molar-refractivity contribution < 1.29 is 19.4 Å². The third-order valence-electron chi connectivity index (χ3n) is 5.73. The highest BCUT2D eigenvalue weighted by Crippen LogP contribution is 2.29. The van der Waals surface area contributed by atoms with Gasteiger partial charge in [0.1, 0.15) is 18.5 Å². The van der Waals surface area contributed by atoms with Gasteiger partial charge in [-0.3, -0.25) is 0 Å². The molecule has 1 N–H and O–H groups in total. The molecular formula is C22H33ClN2O4. The van der Waals surface area contributed by atoms with Crippen LogP contribution in [0.2, 0.25) is 0 Å². The molecule has 3 rings (SSSR count). The Morgan fingerprint density at radius 2 is 2.00 bits per heavy atom. The number of benzene rings is 1. The van der Waals surface area contributed by atoms with Crippen LogP contribution in [0.25, 0.3) is 10.9 Å². The van der Waals surface area contributed by atoms with E-state index in [2.05, 4.69) is 11.8 Å². The van der Waals surface area contributed by atoms with Gasteiger partial charge in [0.25, 0.3) is 0 Å². The molecule has 1 aliphatic rings. The number of rotatable bonds is 7. The highest BCUT2D eigenvalue weighted by molar-refractivity contribution is 6.06. The van der Waals surface area contributed by atoms with Crippen molar-refractivity contribution >= 4 is 29.3 Å². The van der Waals surface area contributed by atoms with Gasteiger partial charge in [0.05, 0.1) is 12.2 Å². The first-order valence-electron chi connectivity index (χ1n) is 10.2. The third kappa shape index (κ3) is 5.44. The summed E-state index contributed by atoms with van der Waals surface area (Å²) in [6.45, 7) is 9.28. The zero-order valence-electron chi connectivity index (χ0n) is 17.8. The third-order valence-corrected chi connectivity index (χ3v) is 5.73. The van der Waals surface area contributed by atoms with Gasteiger partial charge in [-0.2, -0.15) is 0 Å². The Hall–Kier alpha value is -1.76. The average molecular weight is 425 g/mol. The van der Waals surface area contributed by atoms with Gasteiger partial charge in [0.2, 0.25) is 0 Å². The molecule has 2 heterocycles. The fourth-order valence-electron chi connectivity index (χ4n) is 3.89. The molecule has 1 aliphatic heterocycles. The van der Waals surface area contributed by atoms with E-state index in [1.54, 1.807) is 6.92 Å². The van der Waals surface area contributed by atoms with Gasteiger partial charge < -0.3 is 24.0 Å². The number of fused-ring (bicyclic) bond motifs is 1. The second-order valence-electron chi connectivity index (χ2n) is 7.87. The Morgan fingerprint density at radius 3 is 2.66 bits per heavy atom. The van der Waals surface area contributed by atoms with Crippen molar-refractivity contribution in [2.75, 3.05) is 32.8 Å². The van der Waals surface area contributed by atoms with E-state index in [-0.39, 0.29) is 25.0 Å². The fraction of sp³-hybridized carbons (Fsp3) is 0.591. The lowest BCUT2D eigenvalue weighted by atomic mass is 9.99. The Kier molecular flexibility index (Phi) is 8.37. The lowest BCUT2D eigenvalue weighted by Crippen LogP contribution is -2.40. The molecule has 162 valence electrons. The number of β-amino-alcohol motifs (C(OH)–C–C–N with tert-alkyl or cyclic N) is 1. The predicted octanol–water partition coefficient (Wildman–Crippen LogP) is 3.56. The molecule has 1 unspecified atom stereocenters. The van der Waals surface area contributed by atoms with Crippen molar-refractivity contribution in [3.05, 3.63) is 29.5 Å². The van der Waals surface area contributed by atoms with Gasteiger partial charge in [-0.25, -0.2) is 4.79 Å². The summed E-state index contributed by atoms with van der Waals surface area (Å²) in [6, 6.07) is 5.69. The van der Waals surface area contributed by atoms with Crippen LogP contribution in [0.4, 0.5) is 0 Å². The maximum Gasteiger partial charge on any atom is 0.340 e. The van der Waals surface area contributed by atoms with E-state index in [0.717, 1.165) is 35.6 Å². The molecule has 0 radical (unpaired) electrons. The number of aromatic nitrogens is 1. The quantitative estimate of drug-likeness (QED) is 0.688. The van der Waals surface area contributed by atoms with Gasteiger partial charge in [0.15, 0.2) is 0 Å². The monoisotopic (exact) mass is 424 g/mol. The van der Waals surface area contributed by atoms with Gasteiger partial charge in [-0.1, -0.05) is 6.92 Å². The molecule has 1 atom stereocenters. The predicted molar refractivity (Wildman–Crippen MR) is 117 cm³/mol. The van der Waals surface area contributed by atoms with Crippen LogP contribution in [-0.4, -0.2) is 59.5 Å². The molecule has 1 aromatic heterocycles. The van der Waals surface area contributed by atoms with Crippen molar-refractivity contribution in [3.63, 3.8) is 0 Å².